The van der Waals surface area contributed by atoms with Gasteiger partial charge in [0, 0.05) is 32.4 Å². The molecule has 2 heterocycles. The predicted molar refractivity (Wildman–Crippen MR) is 103 cm³/mol. The number of para-hydroxylation sites is 1. The van der Waals surface area contributed by atoms with Gasteiger partial charge in [0.2, 0.25) is 11.8 Å². The molecule has 1 saturated carbocycles. The van der Waals surface area contributed by atoms with Gasteiger partial charge in [0.25, 0.3) is 0 Å². The molecule has 6 nitrogen and oxygen atoms in total. The highest BCUT2D eigenvalue weighted by molar-refractivity contribution is 5.92. The first-order valence-electron chi connectivity index (χ1n) is 9.59. The molecule has 1 aliphatic heterocycles. The van der Waals surface area contributed by atoms with Gasteiger partial charge in [0.1, 0.15) is 5.82 Å². The molecule has 0 spiro atoms. The van der Waals surface area contributed by atoms with Gasteiger partial charge in [-0.15, -0.1) is 0 Å². The molecule has 2 atom stereocenters. The van der Waals surface area contributed by atoms with Crippen molar-refractivity contribution in [3.05, 3.63) is 60.2 Å². The van der Waals surface area contributed by atoms with Crippen LogP contribution in [0.4, 0.5) is 10.1 Å². The smallest absolute Gasteiger partial charge is 0.226 e. The van der Waals surface area contributed by atoms with Gasteiger partial charge in [-0.2, -0.15) is 0 Å². The number of anilines is 1. The molecule has 1 N–H and O–H groups in total. The van der Waals surface area contributed by atoms with Crippen LogP contribution in [-0.2, 0) is 16.1 Å². The van der Waals surface area contributed by atoms with E-state index in [0.29, 0.717) is 44.8 Å². The zero-order valence-electron chi connectivity index (χ0n) is 15.6. The van der Waals surface area contributed by atoms with E-state index in [1.807, 2.05) is 29.2 Å². The van der Waals surface area contributed by atoms with Crippen molar-refractivity contribution in [2.45, 2.75) is 13.0 Å². The number of rotatable bonds is 5. The fourth-order valence-corrected chi connectivity index (χ4v) is 3.68. The van der Waals surface area contributed by atoms with Crippen molar-refractivity contribution >= 4 is 17.5 Å². The average molecular weight is 382 g/mol. The maximum Gasteiger partial charge on any atom is 0.226 e. The maximum absolute atomic E-state index is 13.9. The summed E-state index contributed by atoms with van der Waals surface area (Å²) >= 11 is 0. The van der Waals surface area contributed by atoms with E-state index >= 15 is 0 Å². The molecule has 1 aliphatic carbocycles. The topological polar surface area (TPSA) is 65.5 Å². The quantitative estimate of drug-likeness (QED) is 0.857. The third-order valence-corrected chi connectivity index (χ3v) is 5.40. The first-order valence-corrected chi connectivity index (χ1v) is 9.59. The molecule has 2 unspecified atom stereocenters. The second-order valence-corrected chi connectivity index (χ2v) is 7.25. The van der Waals surface area contributed by atoms with Crippen LogP contribution in [0.5, 0.6) is 0 Å². The lowest BCUT2D eigenvalue weighted by Crippen LogP contribution is -2.49. The fraction of sp³-hybridized carbons (Fsp3) is 0.381. The molecule has 2 aliphatic rings. The van der Waals surface area contributed by atoms with Crippen molar-refractivity contribution in [3.8, 4) is 0 Å². The van der Waals surface area contributed by atoms with Crippen LogP contribution in [0.2, 0.25) is 0 Å². The molecular formula is C21H23FN4O2. The second-order valence-electron chi connectivity index (χ2n) is 7.25. The van der Waals surface area contributed by atoms with Gasteiger partial charge >= 0.3 is 0 Å². The Bertz CT molecular complexity index is 852. The maximum atomic E-state index is 13.9. The number of halogens is 1. The molecule has 4 rings (SSSR count). The summed E-state index contributed by atoms with van der Waals surface area (Å²) < 4.78 is 13.9. The number of benzene rings is 1. The fourth-order valence-electron chi connectivity index (χ4n) is 3.68. The Balaban J connectivity index is 1.25. The number of amides is 2. The van der Waals surface area contributed by atoms with Crippen LogP contribution in [0.1, 0.15) is 12.1 Å². The molecule has 0 radical (unpaired) electrons. The number of hydrogen-bond donors (Lipinski definition) is 1. The summed E-state index contributed by atoms with van der Waals surface area (Å²) in [6, 6.07) is 12.2. The summed E-state index contributed by atoms with van der Waals surface area (Å²) in [6.07, 6.45) is 2.28. The number of carbonyl (C=O) groups excluding carboxylic acids is 2. The molecule has 146 valence electrons. The molecule has 2 amide bonds. The highest BCUT2D eigenvalue weighted by atomic mass is 19.1. The predicted octanol–water partition coefficient (Wildman–Crippen LogP) is 1.82. The Hall–Kier alpha value is -2.96. The van der Waals surface area contributed by atoms with Gasteiger partial charge in [-0.1, -0.05) is 18.2 Å². The third kappa shape index (κ3) is 3.98. The lowest BCUT2D eigenvalue weighted by Gasteiger charge is -2.36. The van der Waals surface area contributed by atoms with Gasteiger partial charge in [0.05, 0.1) is 29.8 Å². The molecule has 0 bridgehead atoms. The minimum absolute atomic E-state index is 0.0335. The van der Waals surface area contributed by atoms with Gasteiger partial charge in [-0.05, 0) is 30.7 Å². The summed E-state index contributed by atoms with van der Waals surface area (Å²) in [7, 11) is 0. The normalized spacial score (nSPS) is 21.3. The highest BCUT2D eigenvalue weighted by Gasteiger charge is 2.49. The average Bonchev–Trinajstić information content (AvgIpc) is 3.54. The van der Waals surface area contributed by atoms with Gasteiger partial charge in [-0.25, -0.2) is 4.39 Å². The molecule has 1 aromatic carbocycles. The van der Waals surface area contributed by atoms with Crippen LogP contribution in [-0.4, -0.2) is 47.9 Å². The van der Waals surface area contributed by atoms with E-state index in [0.717, 1.165) is 5.69 Å². The molecule has 2 aromatic rings. The zero-order chi connectivity index (χ0) is 19.5. The van der Waals surface area contributed by atoms with Crippen LogP contribution in [0.3, 0.4) is 0 Å². The van der Waals surface area contributed by atoms with E-state index in [9.17, 15) is 14.0 Å². The summed E-state index contributed by atoms with van der Waals surface area (Å²) in [5.74, 6) is -0.779. The number of hydrogen-bond acceptors (Lipinski definition) is 4. The van der Waals surface area contributed by atoms with Gasteiger partial charge in [-0.3, -0.25) is 14.6 Å². The standard InChI is InChI=1S/C21H23FN4O2/c22-18-6-1-2-7-19(18)25-9-11-26(12-10-25)21(28)17-13-16(17)20(27)24-14-15-5-3-4-8-23-15/h1-8,16-17H,9-14H2,(H,24,27). The summed E-state index contributed by atoms with van der Waals surface area (Å²) in [6.45, 7) is 2.65. The Morgan fingerprint density at radius 2 is 1.79 bits per heavy atom. The largest absolute Gasteiger partial charge is 0.366 e. The van der Waals surface area contributed by atoms with E-state index in [1.165, 1.54) is 6.07 Å². The summed E-state index contributed by atoms with van der Waals surface area (Å²) in [5, 5.41) is 2.86. The molecule has 2 fully saturated rings. The molecule has 7 heteroatoms. The van der Waals surface area contributed by atoms with Crippen molar-refractivity contribution in [1.82, 2.24) is 15.2 Å². The molecule has 28 heavy (non-hydrogen) atoms. The minimum Gasteiger partial charge on any atom is -0.366 e. The van der Waals surface area contributed by atoms with Crippen molar-refractivity contribution < 1.29 is 14.0 Å². The van der Waals surface area contributed by atoms with Crippen molar-refractivity contribution in [2.24, 2.45) is 11.8 Å². The van der Waals surface area contributed by atoms with Crippen LogP contribution < -0.4 is 10.2 Å². The van der Waals surface area contributed by atoms with E-state index in [-0.39, 0.29) is 29.5 Å². The lowest BCUT2D eigenvalue weighted by molar-refractivity contribution is -0.135. The summed E-state index contributed by atoms with van der Waals surface area (Å²) in [4.78, 5) is 32.9. The first-order chi connectivity index (χ1) is 13.6. The number of nitrogens with one attached hydrogen (secondary N) is 1. The molecule has 1 aromatic heterocycles. The number of nitrogens with zero attached hydrogens (tertiary/aromatic N) is 3. The Morgan fingerprint density at radius 1 is 1.04 bits per heavy atom. The van der Waals surface area contributed by atoms with E-state index in [2.05, 4.69) is 10.3 Å². The number of piperazine rings is 1. The van der Waals surface area contributed by atoms with Crippen LogP contribution in [0.15, 0.2) is 48.7 Å². The third-order valence-electron chi connectivity index (χ3n) is 5.40. The molecular weight excluding hydrogens is 359 g/mol. The second kappa shape index (κ2) is 7.96. The number of aromatic nitrogens is 1. The first kappa shape index (κ1) is 18.4. The van der Waals surface area contributed by atoms with E-state index in [1.54, 1.807) is 23.2 Å². The molecule has 1 saturated heterocycles. The summed E-state index contributed by atoms with van der Waals surface area (Å²) in [5.41, 5.74) is 1.37. The number of carbonyl (C=O) groups is 2. The lowest BCUT2D eigenvalue weighted by atomic mass is 10.2. The number of pyridine rings is 1. The van der Waals surface area contributed by atoms with Gasteiger partial charge in [0.15, 0.2) is 0 Å². The Morgan fingerprint density at radius 3 is 2.50 bits per heavy atom. The van der Waals surface area contributed by atoms with Crippen molar-refractivity contribution in [2.75, 3.05) is 31.1 Å². The Kier molecular flexibility index (Phi) is 5.23. The van der Waals surface area contributed by atoms with Crippen LogP contribution in [0.25, 0.3) is 0 Å². The SMILES string of the molecule is O=C(NCc1ccccn1)C1CC1C(=O)N1CCN(c2ccccc2F)CC1. The van der Waals surface area contributed by atoms with Gasteiger partial charge < -0.3 is 15.1 Å². The zero-order valence-corrected chi connectivity index (χ0v) is 15.6. The van der Waals surface area contributed by atoms with Crippen LogP contribution >= 0.6 is 0 Å². The van der Waals surface area contributed by atoms with Crippen LogP contribution in [0, 0.1) is 17.7 Å². The Labute approximate surface area is 163 Å². The van der Waals surface area contributed by atoms with Crippen molar-refractivity contribution in [3.63, 3.8) is 0 Å². The van der Waals surface area contributed by atoms with E-state index < -0.39 is 0 Å². The monoisotopic (exact) mass is 382 g/mol. The highest BCUT2D eigenvalue weighted by Crippen LogP contribution is 2.40. The van der Waals surface area contributed by atoms with E-state index in [4.69, 9.17) is 0 Å². The van der Waals surface area contributed by atoms with Crippen molar-refractivity contribution in [1.29, 1.82) is 0 Å². The minimum atomic E-state index is -0.249.